The first kappa shape index (κ1) is 20.1. The van der Waals surface area contributed by atoms with Crippen LogP contribution in [-0.2, 0) is 17.5 Å². The van der Waals surface area contributed by atoms with Gasteiger partial charge in [-0.25, -0.2) is 14.2 Å². The van der Waals surface area contributed by atoms with Crippen LogP contribution >= 0.6 is 11.6 Å². The number of hydrogen-bond acceptors (Lipinski definition) is 3. The monoisotopic (exact) mass is 414 g/mol. The Hall–Kier alpha value is -2.61. The van der Waals surface area contributed by atoms with Crippen LogP contribution in [0, 0.1) is 5.82 Å². The molecule has 9 heteroatoms. The van der Waals surface area contributed by atoms with Crippen molar-refractivity contribution in [3.8, 4) is 0 Å². The van der Waals surface area contributed by atoms with Gasteiger partial charge in [0.2, 0.25) is 0 Å². The average molecular weight is 415 g/mol. The first-order valence-electron chi connectivity index (χ1n) is 8.28. The number of alkyl halides is 3. The summed E-state index contributed by atoms with van der Waals surface area (Å²) in [7, 11) is 0. The van der Waals surface area contributed by atoms with E-state index in [0.29, 0.717) is 5.69 Å². The molecule has 0 fully saturated rings. The molecule has 0 aliphatic carbocycles. The third-order valence-corrected chi connectivity index (χ3v) is 4.39. The molecule has 3 rings (SSSR count). The lowest BCUT2D eigenvalue weighted by Crippen LogP contribution is -2.11. The van der Waals surface area contributed by atoms with E-state index in [-0.39, 0.29) is 34.5 Å². The number of pyridine rings is 1. The van der Waals surface area contributed by atoms with E-state index in [1.165, 1.54) is 18.2 Å². The molecule has 1 aromatic carbocycles. The second kappa shape index (κ2) is 7.43. The highest BCUT2D eigenvalue weighted by Gasteiger charge is 2.32. The van der Waals surface area contributed by atoms with Crippen molar-refractivity contribution < 1.29 is 27.1 Å². The predicted octanol–water partition coefficient (Wildman–Crippen LogP) is 5.63. The van der Waals surface area contributed by atoms with Gasteiger partial charge in [0.25, 0.3) is 0 Å². The van der Waals surface area contributed by atoms with Crippen LogP contribution in [0.4, 0.5) is 17.6 Å². The summed E-state index contributed by atoms with van der Waals surface area (Å²) in [5, 5.41) is -0.177. The summed E-state index contributed by atoms with van der Waals surface area (Å²) in [6, 6.07) is 6.06. The molecule has 0 radical (unpaired) electrons. The molecule has 2 aromatic heterocycles. The number of aromatic nitrogens is 2. The van der Waals surface area contributed by atoms with E-state index in [2.05, 4.69) is 4.98 Å². The summed E-state index contributed by atoms with van der Waals surface area (Å²) in [5.41, 5.74) is -0.434. The topological polar surface area (TPSA) is 43.6 Å². The van der Waals surface area contributed by atoms with Gasteiger partial charge in [-0.15, -0.1) is 0 Å². The second-order valence-electron chi connectivity index (χ2n) is 6.42. The first-order valence-corrected chi connectivity index (χ1v) is 8.66. The van der Waals surface area contributed by atoms with E-state index < -0.39 is 23.5 Å². The Bertz CT molecular complexity index is 1040. The number of imidazole rings is 1. The van der Waals surface area contributed by atoms with Crippen molar-refractivity contribution >= 4 is 23.2 Å². The molecule has 4 nitrogen and oxygen atoms in total. The summed E-state index contributed by atoms with van der Waals surface area (Å²) in [4.78, 5) is 16.5. The molecule has 0 spiro atoms. The highest BCUT2D eigenvalue weighted by Crippen LogP contribution is 2.34. The largest absolute Gasteiger partial charge is 0.455 e. The molecule has 0 amide bonds. The fourth-order valence-electron chi connectivity index (χ4n) is 2.77. The number of ether oxygens (including phenoxy) is 1. The lowest BCUT2D eigenvalue weighted by Gasteiger charge is -2.11. The third-order valence-electron chi connectivity index (χ3n) is 4.11. The molecular formula is C19H15ClF4N2O2. The number of esters is 1. The van der Waals surface area contributed by atoms with Crippen molar-refractivity contribution in [1.82, 2.24) is 9.38 Å². The van der Waals surface area contributed by atoms with E-state index in [1.807, 2.05) is 0 Å². The van der Waals surface area contributed by atoms with Crippen LogP contribution in [0.5, 0.6) is 0 Å². The Labute approximate surface area is 162 Å². The highest BCUT2D eigenvalue weighted by molar-refractivity contribution is 6.33. The Kier molecular flexibility index (Phi) is 5.34. The minimum Gasteiger partial charge on any atom is -0.455 e. The molecule has 0 aliphatic rings. The molecule has 0 N–H and O–H groups in total. The van der Waals surface area contributed by atoms with Gasteiger partial charge in [-0.05, 0) is 24.1 Å². The van der Waals surface area contributed by atoms with Crippen LogP contribution in [-0.4, -0.2) is 15.4 Å². The number of hydrogen-bond donors (Lipinski definition) is 0. The lowest BCUT2D eigenvalue weighted by molar-refractivity contribution is -0.137. The molecule has 0 atom stereocenters. The highest BCUT2D eigenvalue weighted by atomic mass is 35.5. The van der Waals surface area contributed by atoms with E-state index in [9.17, 15) is 22.4 Å². The molecule has 0 unspecified atom stereocenters. The van der Waals surface area contributed by atoms with Gasteiger partial charge in [0.1, 0.15) is 12.4 Å². The number of halogens is 5. The van der Waals surface area contributed by atoms with Crippen LogP contribution in [0.3, 0.4) is 0 Å². The van der Waals surface area contributed by atoms with Gasteiger partial charge < -0.3 is 4.74 Å². The van der Waals surface area contributed by atoms with Gasteiger partial charge in [0.05, 0.1) is 27.5 Å². The smallest absolute Gasteiger partial charge is 0.417 e. The average Bonchev–Trinajstić information content (AvgIpc) is 2.99. The van der Waals surface area contributed by atoms with Crippen LogP contribution in [0.25, 0.3) is 5.65 Å². The number of nitrogens with zero attached hydrogens (tertiary/aromatic N) is 2. The molecule has 28 heavy (non-hydrogen) atoms. The third kappa shape index (κ3) is 3.82. The van der Waals surface area contributed by atoms with Crippen LogP contribution in [0.1, 0.15) is 47.1 Å². The van der Waals surface area contributed by atoms with Gasteiger partial charge >= 0.3 is 12.1 Å². The van der Waals surface area contributed by atoms with E-state index in [1.54, 1.807) is 13.8 Å². The van der Waals surface area contributed by atoms with Crippen molar-refractivity contribution in [3.05, 3.63) is 69.9 Å². The van der Waals surface area contributed by atoms with Crippen LogP contribution in [0.15, 0.2) is 36.5 Å². The van der Waals surface area contributed by atoms with Crippen molar-refractivity contribution in [2.75, 3.05) is 0 Å². The molecule has 148 valence electrons. The Morgan fingerprint density at radius 3 is 2.57 bits per heavy atom. The zero-order chi connectivity index (χ0) is 20.6. The Balaban J connectivity index is 2.03. The van der Waals surface area contributed by atoms with Crippen LogP contribution < -0.4 is 0 Å². The summed E-state index contributed by atoms with van der Waals surface area (Å²) >= 11 is 6.00. The van der Waals surface area contributed by atoms with Crippen molar-refractivity contribution in [2.45, 2.75) is 32.5 Å². The fraction of sp³-hybridized carbons (Fsp3) is 0.263. The van der Waals surface area contributed by atoms with Crippen molar-refractivity contribution in [1.29, 1.82) is 0 Å². The summed E-state index contributed by atoms with van der Waals surface area (Å²) in [5.74, 6) is -1.86. The molecular weight excluding hydrogens is 400 g/mol. The van der Waals surface area contributed by atoms with Gasteiger partial charge in [-0.2, -0.15) is 13.2 Å². The molecule has 0 saturated carbocycles. The summed E-state index contributed by atoms with van der Waals surface area (Å²) in [6.07, 6.45) is -3.76. The maximum atomic E-state index is 13.7. The van der Waals surface area contributed by atoms with Crippen molar-refractivity contribution in [3.63, 3.8) is 0 Å². The minimum atomic E-state index is -4.61. The van der Waals surface area contributed by atoms with Gasteiger partial charge in [0.15, 0.2) is 5.65 Å². The second-order valence-corrected chi connectivity index (χ2v) is 6.83. The standard InChI is InChI=1S/C19H15ClF4N2O2/c1-10(2)16-15(9-28-18(27)12-5-3-4-6-14(12)21)26-8-11(19(22,23)24)7-13(20)17(26)25-16/h3-8,10H,9H2,1-2H3. The molecule has 0 aliphatic heterocycles. The number of fused-ring (bicyclic) bond motifs is 1. The minimum absolute atomic E-state index is 0.121. The zero-order valence-electron chi connectivity index (χ0n) is 14.8. The van der Waals surface area contributed by atoms with Gasteiger partial charge in [0, 0.05) is 6.20 Å². The number of benzene rings is 1. The lowest BCUT2D eigenvalue weighted by atomic mass is 10.1. The maximum Gasteiger partial charge on any atom is 0.417 e. The zero-order valence-corrected chi connectivity index (χ0v) is 15.6. The molecule has 0 saturated heterocycles. The maximum absolute atomic E-state index is 13.7. The van der Waals surface area contributed by atoms with E-state index in [4.69, 9.17) is 16.3 Å². The van der Waals surface area contributed by atoms with Gasteiger partial charge in [-0.3, -0.25) is 4.40 Å². The summed E-state index contributed by atoms with van der Waals surface area (Å²) in [6.45, 7) is 3.20. The van der Waals surface area contributed by atoms with Crippen molar-refractivity contribution in [2.24, 2.45) is 0 Å². The summed E-state index contributed by atoms with van der Waals surface area (Å²) < 4.78 is 59.5. The fourth-order valence-corrected chi connectivity index (χ4v) is 3.02. The number of carbonyl (C=O) groups is 1. The Morgan fingerprint density at radius 1 is 1.29 bits per heavy atom. The molecule has 2 heterocycles. The SMILES string of the molecule is CC(C)c1nc2c(Cl)cc(C(F)(F)F)cn2c1COC(=O)c1ccccc1F. The predicted molar refractivity (Wildman–Crippen MR) is 94.8 cm³/mol. The normalized spacial score (nSPS) is 12.0. The number of rotatable bonds is 4. The van der Waals surface area contributed by atoms with Crippen LogP contribution in [0.2, 0.25) is 5.02 Å². The number of carbonyl (C=O) groups excluding carboxylic acids is 1. The quantitative estimate of drug-likeness (QED) is 0.410. The first-order chi connectivity index (χ1) is 13.1. The molecule has 3 aromatic rings. The van der Waals surface area contributed by atoms with E-state index in [0.717, 1.165) is 22.7 Å². The molecule has 0 bridgehead atoms. The van der Waals surface area contributed by atoms with E-state index >= 15 is 0 Å². The Morgan fingerprint density at radius 2 is 1.96 bits per heavy atom. The van der Waals surface area contributed by atoms with Gasteiger partial charge in [-0.1, -0.05) is 37.6 Å².